The Bertz CT molecular complexity index is 626. The molecule has 3 rings (SSSR count). The van der Waals surface area contributed by atoms with Crippen LogP contribution in [0.1, 0.15) is 17.0 Å². The number of thioether (sulfide) groups is 1. The second-order valence-corrected chi connectivity index (χ2v) is 7.13. The van der Waals surface area contributed by atoms with Crippen molar-refractivity contribution >= 4 is 34.7 Å². The lowest BCUT2D eigenvalue weighted by Crippen LogP contribution is -2.29. The van der Waals surface area contributed by atoms with Crippen LogP contribution in [0, 0.1) is 6.92 Å². The van der Waals surface area contributed by atoms with E-state index in [-0.39, 0.29) is 5.91 Å². The summed E-state index contributed by atoms with van der Waals surface area (Å²) in [6.45, 7) is 2.74. The molecule has 1 aromatic carbocycles. The molecule has 2 aromatic rings. The van der Waals surface area contributed by atoms with E-state index >= 15 is 0 Å². The van der Waals surface area contributed by atoms with E-state index < -0.39 is 0 Å². The van der Waals surface area contributed by atoms with Gasteiger partial charge in [0.1, 0.15) is 5.01 Å². The van der Waals surface area contributed by atoms with E-state index in [4.69, 9.17) is 0 Å². The highest BCUT2D eigenvalue weighted by Crippen LogP contribution is 2.29. The minimum absolute atomic E-state index is 0.198. The third-order valence-corrected chi connectivity index (χ3v) is 5.21. The first-order valence-electron chi connectivity index (χ1n) is 6.55. The van der Waals surface area contributed by atoms with Crippen molar-refractivity contribution in [3.05, 3.63) is 34.8 Å². The molecule has 104 valence electrons. The molecule has 1 amide bonds. The van der Waals surface area contributed by atoms with Gasteiger partial charge in [0.2, 0.25) is 5.91 Å². The van der Waals surface area contributed by atoms with Crippen molar-refractivity contribution in [1.29, 1.82) is 0 Å². The van der Waals surface area contributed by atoms with Gasteiger partial charge in [0.15, 0.2) is 4.34 Å². The van der Waals surface area contributed by atoms with Gasteiger partial charge in [-0.05, 0) is 25.0 Å². The molecule has 0 atom stereocenters. The van der Waals surface area contributed by atoms with Crippen molar-refractivity contribution < 1.29 is 4.79 Å². The molecule has 1 aliphatic rings. The molecule has 20 heavy (non-hydrogen) atoms. The van der Waals surface area contributed by atoms with E-state index in [1.54, 1.807) is 23.1 Å². The first kappa shape index (κ1) is 13.6. The van der Waals surface area contributed by atoms with Crippen molar-refractivity contribution in [3.8, 4) is 0 Å². The Labute approximate surface area is 126 Å². The lowest BCUT2D eigenvalue weighted by molar-refractivity contribution is -0.118. The van der Waals surface area contributed by atoms with Gasteiger partial charge in [-0.1, -0.05) is 41.3 Å². The van der Waals surface area contributed by atoms with Crippen LogP contribution in [0.3, 0.4) is 0 Å². The molecule has 0 unspecified atom stereocenters. The summed E-state index contributed by atoms with van der Waals surface area (Å²) in [4.78, 5) is 14.2. The third kappa shape index (κ3) is 2.86. The summed E-state index contributed by atoms with van der Waals surface area (Å²) in [6.07, 6.45) is 1.50. The Morgan fingerprint density at radius 2 is 2.25 bits per heavy atom. The largest absolute Gasteiger partial charge is 0.312 e. The highest BCUT2D eigenvalue weighted by molar-refractivity contribution is 8.01. The fourth-order valence-corrected chi connectivity index (χ4v) is 4.11. The monoisotopic (exact) mass is 305 g/mol. The summed E-state index contributed by atoms with van der Waals surface area (Å²) in [7, 11) is 0. The molecule has 0 saturated heterocycles. The molecule has 0 N–H and O–H groups in total. The normalized spacial score (nSPS) is 13.6. The van der Waals surface area contributed by atoms with E-state index in [1.807, 2.05) is 30.0 Å². The van der Waals surface area contributed by atoms with Gasteiger partial charge >= 0.3 is 0 Å². The molecule has 1 aliphatic heterocycles. The summed E-state index contributed by atoms with van der Waals surface area (Å²) < 4.78 is 0.942. The lowest BCUT2D eigenvalue weighted by Gasteiger charge is -2.16. The minimum Gasteiger partial charge on any atom is -0.312 e. The molecular formula is C14H15N3OS2. The maximum absolute atomic E-state index is 12.3. The number of carbonyl (C=O) groups excluding carboxylic acids is 1. The van der Waals surface area contributed by atoms with Crippen LogP contribution < -0.4 is 4.90 Å². The van der Waals surface area contributed by atoms with Crippen LogP contribution in [0.5, 0.6) is 0 Å². The number of para-hydroxylation sites is 1. The number of nitrogens with zero attached hydrogens (tertiary/aromatic N) is 3. The van der Waals surface area contributed by atoms with Crippen LogP contribution in [0.25, 0.3) is 0 Å². The number of rotatable bonds is 4. The molecule has 0 fully saturated rings. The van der Waals surface area contributed by atoms with E-state index in [1.165, 1.54) is 5.56 Å². The molecular weight excluding hydrogens is 290 g/mol. The van der Waals surface area contributed by atoms with E-state index in [9.17, 15) is 4.79 Å². The highest BCUT2D eigenvalue weighted by atomic mass is 32.2. The Morgan fingerprint density at radius 3 is 3.05 bits per heavy atom. The maximum atomic E-state index is 12.3. The average Bonchev–Trinajstić information content (AvgIpc) is 3.05. The third-order valence-electron chi connectivity index (χ3n) is 3.24. The summed E-state index contributed by atoms with van der Waals surface area (Å²) in [6, 6.07) is 8.15. The standard InChI is InChI=1S/C14H15N3OS2/c1-10-15-16-14(20-10)19-9-7-13(18)17-8-6-11-4-2-3-5-12(11)17/h2-5H,6-9H2,1H3. The van der Waals surface area contributed by atoms with Crippen molar-refractivity contribution in [1.82, 2.24) is 10.2 Å². The van der Waals surface area contributed by atoms with Crippen molar-refractivity contribution in [2.75, 3.05) is 17.2 Å². The van der Waals surface area contributed by atoms with Gasteiger partial charge in [-0.15, -0.1) is 10.2 Å². The maximum Gasteiger partial charge on any atom is 0.227 e. The first-order valence-corrected chi connectivity index (χ1v) is 8.35. The zero-order chi connectivity index (χ0) is 13.9. The predicted octanol–water partition coefficient (Wildman–Crippen LogP) is 2.92. The second-order valence-electron chi connectivity index (χ2n) is 4.61. The number of aromatic nitrogens is 2. The van der Waals surface area contributed by atoms with Gasteiger partial charge in [0.05, 0.1) is 0 Å². The first-order chi connectivity index (χ1) is 9.74. The fraction of sp³-hybridized carbons (Fsp3) is 0.357. The minimum atomic E-state index is 0.198. The summed E-state index contributed by atoms with van der Waals surface area (Å²) in [5.74, 6) is 0.954. The van der Waals surface area contributed by atoms with E-state index in [0.29, 0.717) is 6.42 Å². The van der Waals surface area contributed by atoms with Crippen LogP contribution >= 0.6 is 23.1 Å². The summed E-state index contributed by atoms with van der Waals surface area (Å²) >= 11 is 3.18. The van der Waals surface area contributed by atoms with E-state index in [0.717, 1.165) is 33.8 Å². The van der Waals surface area contributed by atoms with Crippen molar-refractivity contribution in [2.45, 2.75) is 24.1 Å². The zero-order valence-electron chi connectivity index (χ0n) is 11.2. The molecule has 0 aliphatic carbocycles. The Balaban J connectivity index is 1.55. The number of carbonyl (C=O) groups is 1. The van der Waals surface area contributed by atoms with Gasteiger partial charge < -0.3 is 4.90 Å². The van der Waals surface area contributed by atoms with Crippen LogP contribution in [-0.4, -0.2) is 28.4 Å². The Morgan fingerprint density at radius 1 is 1.40 bits per heavy atom. The number of hydrogen-bond acceptors (Lipinski definition) is 5. The number of hydrogen-bond donors (Lipinski definition) is 0. The molecule has 0 saturated carbocycles. The van der Waals surface area contributed by atoms with Gasteiger partial charge in [-0.25, -0.2) is 0 Å². The second kappa shape index (κ2) is 5.93. The smallest absolute Gasteiger partial charge is 0.227 e. The topological polar surface area (TPSA) is 46.1 Å². The quantitative estimate of drug-likeness (QED) is 0.815. The molecule has 2 heterocycles. The molecule has 6 heteroatoms. The zero-order valence-corrected chi connectivity index (χ0v) is 12.8. The highest BCUT2D eigenvalue weighted by Gasteiger charge is 2.23. The van der Waals surface area contributed by atoms with E-state index in [2.05, 4.69) is 16.3 Å². The van der Waals surface area contributed by atoms with Crippen LogP contribution in [0.4, 0.5) is 5.69 Å². The number of amides is 1. The van der Waals surface area contributed by atoms with Crippen LogP contribution in [0.15, 0.2) is 28.6 Å². The van der Waals surface area contributed by atoms with Gasteiger partial charge in [-0.2, -0.15) is 0 Å². The Hall–Kier alpha value is -1.40. The SMILES string of the molecule is Cc1nnc(SCCC(=O)N2CCc3ccccc32)s1. The summed E-state index contributed by atoms with van der Waals surface area (Å²) in [5, 5.41) is 8.99. The predicted molar refractivity (Wildman–Crippen MR) is 82.5 cm³/mol. The van der Waals surface area contributed by atoms with Crippen molar-refractivity contribution in [3.63, 3.8) is 0 Å². The lowest BCUT2D eigenvalue weighted by atomic mass is 10.2. The van der Waals surface area contributed by atoms with Gasteiger partial charge in [0, 0.05) is 24.4 Å². The average molecular weight is 305 g/mol. The summed E-state index contributed by atoms with van der Waals surface area (Å²) in [5.41, 5.74) is 2.35. The van der Waals surface area contributed by atoms with Gasteiger partial charge in [-0.3, -0.25) is 4.79 Å². The number of anilines is 1. The van der Waals surface area contributed by atoms with Gasteiger partial charge in [0.25, 0.3) is 0 Å². The molecule has 0 spiro atoms. The number of aryl methyl sites for hydroxylation is 1. The molecule has 0 radical (unpaired) electrons. The molecule has 4 nitrogen and oxygen atoms in total. The van der Waals surface area contributed by atoms with Crippen LogP contribution in [-0.2, 0) is 11.2 Å². The number of benzene rings is 1. The van der Waals surface area contributed by atoms with Crippen LogP contribution in [0.2, 0.25) is 0 Å². The van der Waals surface area contributed by atoms with Crippen molar-refractivity contribution in [2.24, 2.45) is 0 Å². The Kier molecular flexibility index (Phi) is 4.03. The molecule has 1 aromatic heterocycles. The number of fused-ring (bicyclic) bond motifs is 1. The molecule has 0 bridgehead atoms. The fourth-order valence-electron chi connectivity index (χ4n) is 2.29.